The number of carbonyl (C=O) groups is 1. The minimum absolute atomic E-state index is 0.302. The fourth-order valence-electron chi connectivity index (χ4n) is 2.94. The number of benzene rings is 1. The molecule has 0 bridgehead atoms. The van der Waals surface area contributed by atoms with Crippen LogP contribution in [0.2, 0.25) is 0 Å². The molecule has 5 nitrogen and oxygen atoms in total. The van der Waals surface area contributed by atoms with Gasteiger partial charge in [-0.05, 0) is 49.2 Å². The fraction of sp³-hybridized carbons (Fsp3) is 0.190. The number of nitrogens with zero attached hydrogens (tertiary/aromatic N) is 2. The molecule has 3 N–H and O–H groups in total. The van der Waals surface area contributed by atoms with Crippen molar-refractivity contribution in [1.29, 1.82) is 0 Å². The number of thiophene rings is 1. The number of aromatic nitrogens is 2. The SMILES string of the molecule is CCCCc1ccc2c(N)c(C(=O)Nc3nc(-c4ccc(F)cc4)cs3)sc2n1. The summed E-state index contributed by atoms with van der Waals surface area (Å²) in [6.45, 7) is 2.14. The summed E-state index contributed by atoms with van der Waals surface area (Å²) in [6.07, 6.45) is 3.10. The molecule has 0 spiro atoms. The van der Waals surface area contributed by atoms with Crippen molar-refractivity contribution >= 4 is 49.6 Å². The maximum Gasteiger partial charge on any atom is 0.269 e. The van der Waals surface area contributed by atoms with E-state index >= 15 is 0 Å². The number of anilines is 2. The van der Waals surface area contributed by atoms with Gasteiger partial charge in [0, 0.05) is 22.0 Å². The van der Waals surface area contributed by atoms with Gasteiger partial charge < -0.3 is 5.73 Å². The number of unbranched alkanes of at least 4 members (excludes halogenated alkanes) is 1. The van der Waals surface area contributed by atoms with Gasteiger partial charge in [-0.1, -0.05) is 13.3 Å². The molecular weight excluding hydrogens is 407 g/mol. The van der Waals surface area contributed by atoms with E-state index in [9.17, 15) is 9.18 Å². The van der Waals surface area contributed by atoms with Crippen LogP contribution < -0.4 is 11.1 Å². The van der Waals surface area contributed by atoms with Crippen LogP contribution in [0, 0.1) is 5.82 Å². The Hall–Kier alpha value is -2.84. The van der Waals surface area contributed by atoms with Gasteiger partial charge in [-0.25, -0.2) is 14.4 Å². The molecule has 0 saturated heterocycles. The van der Waals surface area contributed by atoms with Crippen molar-refractivity contribution in [3.63, 3.8) is 0 Å². The van der Waals surface area contributed by atoms with Gasteiger partial charge in [0.15, 0.2) is 5.13 Å². The lowest BCUT2D eigenvalue weighted by atomic mass is 10.1. The minimum Gasteiger partial charge on any atom is -0.397 e. The van der Waals surface area contributed by atoms with Crippen molar-refractivity contribution in [2.75, 3.05) is 11.1 Å². The number of aryl methyl sites for hydroxylation is 1. The summed E-state index contributed by atoms with van der Waals surface area (Å²) in [6, 6.07) is 9.98. The first-order valence-electron chi connectivity index (χ1n) is 9.26. The largest absolute Gasteiger partial charge is 0.397 e. The van der Waals surface area contributed by atoms with Crippen LogP contribution in [0.3, 0.4) is 0 Å². The van der Waals surface area contributed by atoms with E-state index in [1.54, 1.807) is 12.1 Å². The first kappa shape index (κ1) is 19.5. The molecule has 0 saturated carbocycles. The van der Waals surface area contributed by atoms with Crippen LogP contribution in [0.15, 0.2) is 41.8 Å². The number of hydrogen-bond donors (Lipinski definition) is 2. The molecule has 0 unspecified atom stereocenters. The number of halogens is 1. The second-order valence-corrected chi connectivity index (χ2v) is 8.46. The molecule has 4 aromatic rings. The normalized spacial score (nSPS) is 11.1. The first-order chi connectivity index (χ1) is 14.0. The van der Waals surface area contributed by atoms with Crippen LogP contribution in [0.25, 0.3) is 21.5 Å². The standard InChI is InChI=1S/C21H19FN4OS2/c1-2-3-4-14-9-10-15-17(23)18(29-20(15)24-14)19(27)26-21-25-16(11-28-21)12-5-7-13(22)8-6-12/h5-11H,2-4,23H2,1H3,(H,25,26,27). The van der Waals surface area contributed by atoms with Gasteiger partial charge in [-0.3, -0.25) is 10.1 Å². The fourth-order valence-corrected chi connectivity index (χ4v) is 4.66. The van der Waals surface area contributed by atoms with Crippen molar-refractivity contribution in [1.82, 2.24) is 9.97 Å². The lowest BCUT2D eigenvalue weighted by Gasteiger charge is -2.00. The van der Waals surface area contributed by atoms with E-state index in [0.29, 0.717) is 21.4 Å². The van der Waals surface area contributed by atoms with Crippen LogP contribution >= 0.6 is 22.7 Å². The number of pyridine rings is 1. The zero-order valence-electron chi connectivity index (χ0n) is 15.7. The summed E-state index contributed by atoms with van der Waals surface area (Å²) < 4.78 is 13.1. The quantitative estimate of drug-likeness (QED) is 0.412. The Kier molecular flexibility index (Phi) is 5.55. The third kappa shape index (κ3) is 4.13. The molecule has 0 radical (unpaired) electrons. The summed E-state index contributed by atoms with van der Waals surface area (Å²) in [5, 5.41) is 5.88. The molecule has 3 heterocycles. The molecule has 0 fully saturated rings. The highest BCUT2D eigenvalue weighted by molar-refractivity contribution is 7.21. The molecule has 4 rings (SSSR count). The number of thiazole rings is 1. The Morgan fingerprint density at radius 1 is 1.17 bits per heavy atom. The van der Waals surface area contributed by atoms with Gasteiger partial charge in [-0.15, -0.1) is 22.7 Å². The average molecular weight is 427 g/mol. The van der Waals surface area contributed by atoms with Crippen molar-refractivity contribution in [2.24, 2.45) is 0 Å². The lowest BCUT2D eigenvalue weighted by molar-refractivity contribution is 0.103. The van der Waals surface area contributed by atoms with Gasteiger partial charge >= 0.3 is 0 Å². The highest BCUT2D eigenvalue weighted by Gasteiger charge is 2.19. The van der Waals surface area contributed by atoms with E-state index in [-0.39, 0.29) is 11.7 Å². The molecule has 0 atom stereocenters. The minimum atomic E-state index is -0.305. The average Bonchev–Trinajstić information content (AvgIpc) is 3.31. The van der Waals surface area contributed by atoms with Crippen LogP contribution in [-0.4, -0.2) is 15.9 Å². The third-order valence-electron chi connectivity index (χ3n) is 4.51. The van der Waals surface area contributed by atoms with E-state index < -0.39 is 0 Å². The second kappa shape index (κ2) is 8.26. The molecule has 8 heteroatoms. The molecule has 148 valence electrons. The van der Waals surface area contributed by atoms with Crippen LogP contribution in [0.5, 0.6) is 0 Å². The van der Waals surface area contributed by atoms with Gasteiger partial charge in [0.05, 0.1) is 11.4 Å². The van der Waals surface area contributed by atoms with E-state index in [2.05, 4.69) is 22.2 Å². The number of carbonyl (C=O) groups excluding carboxylic acids is 1. The van der Waals surface area contributed by atoms with Crippen LogP contribution in [0.1, 0.15) is 35.1 Å². The zero-order chi connectivity index (χ0) is 20.4. The Morgan fingerprint density at radius 3 is 2.72 bits per heavy atom. The number of fused-ring (bicyclic) bond motifs is 1. The summed E-state index contributed by atoms with van der Waals surface area (Å²) >= 11 is 2.60. The summed E-state index contributed by atoms with van der Waals surface area (Å²) in [5.41, 5.74) is 9.12. The van der Waals surface area contributed by atoms with E-state index in [0.717, 1.165) is 40.7 Å². The molecule has 29 heavy (non-hydrogen) atoms. The zero-order valence-corrected chi connectivity index (χ0v) is 17.4. The molecule has 1 amide bonds. The van der Waals surface area contributed by atoms with Gasteiger partial charge in [0.25, 0.3) is 5.91 Å². The van der Waals surface area contributed by atoms with Gasteiger partial charge in [0.2, 0.25) is 0 Å². The van der Waals surface area contributed by atoms with E-state index in [1.165, 1.54) is 34.8 Å². The molecule has 0 aliphatic carbocycles. The van der Waals surface area contributed by atoms with Crippen molar-refractivity contribution in [3.05, 3.63) is 58.2 Å². The van der Waals surface area contributed by atoms with Crippen LogP contribution in [0.4, 0.5) is 15.2 Å². The van der Waals surface area contributed by atoms with Crippen molar-refractivity contribution in [3.8, 4) is 11.3 Å². The number of nitrogens with two attached hydrogens (primary N) is 1. The topological polar surface area (TPSA) is 80.9 Å². The first-order valence-corrected chi connectivity index (χ1v) is 11.0. The third-order valence-corrected chi connectivity index (χ3v) is 6.38. The predicted molar refractivity (Wildman–Crippen MR) is 118 cm³/mol. The second-order valence-electron chi connectivity index (χ2n) is 6.60. The summed E-state index contributed by atoms with van der Waals surface area (Å²) in [7, 11) is 0. The maximum absolute atomic E-state index is 13.1. The molecule has 3 aromatic heterocycles. The van der Waals surface area contributed by atoms with E-state index in [1.807, 2.05) is 17.5 Å². The molecule has 1 aromatic carbocycles. The highest BCUT2D eigenvalue weighted by atomic mass is 32.1. The Morgan fingerprint density at radius 2 is 1.97 bits per heavy atom. The van der Waals surface area contributed by atoms with E-state index in [4.69, 9.17) is 5.73 Å². The van der Waals surface area contributed by atoms with Gasteiger partial charge in [-0.2, -0.15) is 0 Å². The number of nitrogens with one attached hydrogen (secondary N) is 1. The monoisotopic (exact) mass is 426 g/mol. The molecule has 0 aliphatic heterocycles. The van der Waals surface area contributed by atoms with Crippen molar-refractivity contribution < 1.29 is 9.18 Å². The maximum atomic E-state index is 13.1. The highest BCUT2D eigenvalue weighted by Crippen LogP contribution is 2.34. The predicted octanol–water partition coefficient (Wildman–Crippen LogP) is 5.74. The Labute approximate surface area is 175 Å². The number of nitrogen functional groups attached to an aromatic ring is 1. The number of amides is 1. The molecular formula is C21H19FN4OS2. The van der Waals surface area contributed by atoms with Crippen LogP contribution in [-0.2, 0) is 6.42 Å². The molecule has 0 aliphatic rings. The Balaban J connectivity index is 1.54. The Bertz CT molecular complexity index is 1170. The lowest BCUT2D eigenvalue weighted by Crippen LogP contribution is -2.11. The smallest absolute Gasteiger partial charge is 0.269 e. The summed E-state index contributed by atoms with van der Waals surface area (Å²) in [4.78, 5) is 23.0. The van der Waals surface area contributed by atoms with Crippen molar-refractivity contribution in [2.45, 2.75) is 26.2 Å². The summed E-state index contributed by atoms with van der Waals surface area (Å²) in [5.74, 6) is -0.607. The number of rotatable bonds is 6. The van der Waals surface area contributed by atoms with Gasteiger partial charge in [0.1, 0.15) is 15.5 Å². The number of hydrogen-bond acceptors (Lipinski definition) is 6.